The van der Waals surface area contributed by atoms with Crippen LogP contribution in [-0.4, -0.2) is 43.6 Å². The van der Waals surface area contributed by atoms with E-state index in [1.54, 1.807) is 0 Å². The van der Waals surface area contributed by atoms with E-state index in [0.717, 1.165) is 26.1 Å². The molecule has 0 spiro atoms. The van der Waals surface area contributed by atoms with Gasteiger partial charge in [0.05, 0.1) is 18.8 Å². The molecule has 1 aliphatic heterocycles. The monoisotopic (exact) mass is 292 g/mol. The largest absolute Gasteiger partial charge is 0.394 e. The first-order valence-electron chi connectivity index (χ1n) is 7.98. The normalized spacial score (nSPS) is 24.1. The Kier molecular flexibility index (Phi) is 6.03. The van der Waals surface area contributed by atoms with Crippen LogP contribution in [0, 0.1) is 0 Å². The molecule has 21 heavy (non-hydrogen) atoms. The van der Waals surface area contributed by atoms with Gasteiger partial charge in [-0.05, 0) is 44.5 Å². The van der Waals surface area contributed by atoms with Crippen LogP contribution in [0.2, 0.25) is 0 Å². The number of aliphatic hydroxyl groups excluding tert-OH is 1. The Morgan fingerprint density at radius 2 is 2.05 bits per heavy atom. The van der Waals surface area contributed by atoms with Gasteiger partial charge in [0, 0.05) is 24.8 Å². The summed E-state index contributed by atoms with van der Waals surface area (Å²) in [4.78, 5) is 2.29. The second-order valence-corrected chi connectivity index (χ2v) is 5.92. The molecule has 4 heteroatoms. The Balaban J connectivity index is 2.01. The van der Waals surface area contributed by atoms with E-state index < -0.39 is 0 Å². The number of anilines is 1. The number of rotatable bonds is 6. The minimum Gasteiger partial charge on any atom is -0.394 e. The Morgan fingerprint density at radius 3 is 2.67 bits per heavy atom. The first-order chi connectivity index (χ1) is 10.1. The third-order valence-electron chi connectivity index (χ3n) is 3.99. The molecule has 1 saturated heterocycles. The average molecular weight is 292 g/mol. The van der Waals surface area contributed by atoms with Crippen LogP contribution in [0.5, 0.6) is 0 Å². The summed E-state index contributed by atoms with van der Waals surface area (Å²) in [6.07, 6.45) is 1.22. The van der Waals surface area contributed by atoms with Crippen LogP contribution in [0.15, 0.2) is 24.3 Å². The summed E-state index contributed by atoms with van der Waals surface area (Å²) in [6.45, 7) is 9.19. The van der Waals surface area contributed by atoms with Gasteiger partial charge in [0.15, 0.2) is 0 Å². The van der Waals surface area contributed by atoms with E-state index in [0.29, 0.717) is 6.04 Å². The molecule has 1 aliphatic rings. The van der Waals surface area contributed by atoms with E-state index in [1.165, 1.54) is 11.3 Å². The van der Waals surface area contributed by atoms with Gasteiger partial charge in [-0.25, -0.2) is 0 Å². The van der Waals surface area contributed by atoms with Crippen molar-refractivity contribution in [2.75, 3.05) is 31.1 Å². The van der Waals surface area contributed by atoms with Crippen molar-refractivity contribution in [3.8, 4) is 0 Å². The lowest BCUT2D eigenvalue weighted by Crippen LogP contribution is -2.48. The molecule has 3 unspecified atom stereocenters. The lowest BCUT2D eigenvalue weighted by Gasteiger charge is -2.37. The quantitative estimate of drug-likeness (QED) is 0.845. The van der Waals surface area contributed by atoms with E-state index in [1.807, 2.05) is 0 Å². The number of hydrogen-bond acceptors (Lipinski definition) is 4. The topological polar surface area (TPSA) is 44.7 Å². The molecule has 2 rings (SSSR count). The molecular weight excluding hydrogens is 264 g/mol. The Hall–Kier alpha value is -1.10. The molecule has 118 valence electrons. The first kappa shape index (κ1) is 16.3. The fourth-order valence-corrected chi connectivity index (χ4v) is 2.81. The summed E-state index contributed by atoms with van der Waals surface area (Å²) >= 11 is 0. The van der Waals surface area contributed by atoms with Crippen molar-refractivity contribution in [3.05, 3.63) is 29.8 Å². The van der Waals surface area contributed by atoms with E-state index >= 15 is 0 Å². The SMILES string of the molecule is CCCNC(C)c1ccc(N2CC(C)OC(CO)C2)cc1. The van der Waals surface area contributed by atoms with Crippen LogP contribution in [0.1, 0.15) is 38.8 Å². The van der Waals surface area contributed by atoms with Gasteiger partial charge in [0.25, 0.3) is 0 Å². The second-order valence-electron chi connectivity index (χ2n) is 5.92. The van der Waals surface area contributed by atoms with E-state index in [4.69, 9.17) is 4.74 Å². The fourth-order valence-electron chi connectivity index (χ4n) is 2.81. The van der Waals surface area contributed by atoms with Gasteiger partial charge < -0.3 is 20.1 Å². The molecule has 1 aromatic rings. The Labute approximate surface area is 128 Å². The fraction of sp³-hybridized carbons (Fsp3) is 0.647. The molecule has 0 amide bonds. The van der Waals surface area contributed by atoms with Gasteiger partial charge in [-0.1, -0.05) is 19.1 Å². The number of morpholine rings is 1. The molecule has 1 heterocycles. The van der Waals surface area contributed by atoms with E-state index in [9.17, 15) is 5.11 Å². The standard InChI is InChI=1S/C17H28N2O2/c1-4-9-18-14(3)15-5-7-16(8-6-15)19-10-13(2)21-17(11-19)12-20/h5-8,13-14,17-18,20H,4,9-12H2,1-3H3. The van der Waals surface area contributed by atoms with Crippen molar-refractivity contribution in [1.82, 2.24) is 5.32 Å². The second kappa shape index (κ2) is 7.78. The maximum atomic E-state index is 9.31. The van der Waals surface area contributed by atoms with Crippen molar-refractivity contribution >= 4 is 5.69 Å². The van der Waals surface area contributed by atoms with Crippen molar-refractivity contribution in [2.24, 2.45) is 0 Å². The molecule has 0 aliphatic carbocycles. The summed E-state index contributed by atoms with van der Waals surface area (Å²) < 4.78 is 5.69. The predicted molar refractivity (Wildman–Crippen MR) is 86.8 cm³/mol. The summed E-state index contributed by atoms with van der Waals surface area (Å²) in [5.74, 6) is 0. The average Bonchev–Trinajstić information content (AvgIpc) is 2.52. The Bertz CT molecular complexity index is 421. The van der Waals surface area contributed by atoms with Crippen LogP contribution in [0.25, 0.3) is 0 Å². The highest BCUT2D eigenvalue weighted by molar-refractivity contribution is 5.48. The maximum absolute atomic E-state index is 9.31. The molecule has 0 radical (unpaired) electrons. The van der Waals surface area contributed by atoms with Gasteiger partial charge >= 0.3 is 0 Å². The molecule has 0 saturated carbocycles. The van der Waals surface area contributed by atoms with Crippen molar-refractivity contribution in [1.29, 1.82) is 0 Å². The van der Waals surface area contributed by atoms with Crippen LogP contribution >= 0.6 is 0 Å². The Morgan fingerprint density at radius 1 is 1.33 bits per heavy atom. The zero-order valence-corrected chi connectivity index (χ0v) is 13.4. The molecule has 1 fully saturated rings. The first-order valence-corrected chi connectivity index (χ1v) is 7.98. The molecule has 0 bridgehead atoms. The highest BCUT2D eigenvalue weighted by Crippen LogP contribution is 2.22. The lowest BCUT2D eigenvalue weighted by atomic mass is 10.1. The number of aliphatic hydroxyl groups is 1. The zero-order valence-electron chi connectivity index (χ0n) is 13.4. The van der Waals surface area contributed by atoms with Crippen LogP contribution in [0.3, 0.4) is 0 Å². The van der Waals surface area contributed by atoms with Gasteiger partial charge in [0.1, 0.15) is 0 Å². The van der Waals surface area contributed by atoms with Gasteiger partial charge in [0.2, 0.25) is 0 Å². The van der Waals surface area contributed by atoms with Gasteiger partial charge in [-0.15, -0.1) is 0 Å². The molecule has 4 nitrogen and oxygen atoms in total. The molecular formula is C17H28N2O2. The minimum absolute atomic E-state index is 0.0803. The molecule has 2 N–H and O–H groups in total. The summed E-state index contributed by atoms with van der Waals surface area (Å²) in [5.41, 5.74) is 2.52. The maximum Gasteiger partial charge on any atom is 0.0984 e. The predicted octanol–water partition coefficient (Wildman–Crippen LogP) is 2.33. The molecule has 1 aromatic carbocycles. The smallest absolute Gasteiger partial charge is 0.0984 e. The molecule has 0 aromatic heterocycles. The third kappa shape index (κ3) is 4.43. The van der Waals surface area contributed by atoms with Crippen molar-refractivity contribution < 1.29 is 9.84 Å². The van der Waals surface area contributed by atoms with Crippen LogP contribution in [-0.2, 0) is 4.74 Å². The summed E-state index contributed by atoms with van der Waals surface area (Å²) in [5, 5.41) is 12.8. The minimum atomic E-state index is -0.0847. The lowest BCUT2D eigenvalue weighted by molar-refractivity contribution is -0.0421. The number of hydrogen-bond donors (Lipinski definition) is 2. The zero-order chi connectivity index (χ0) is 15.2. The number of nitrogens with zero attached hydrogens (tertiary/aromatic N) is 1. The number of ether oxygens (including phenoxy) is 1. The van der Waals surface area contributed by atoms with Crippen LogP contribution < -0.4 is 10.2 Å². The van der Waals surface area contributed by atoms with Crippen molar-refractivity contribution in [3.63, 3.8) is 0 Å². The summed E-state index contributed by atoms with van der Waals surface area (Å²) in [6, 6.07) is 9.11. The third-order valence-corrected chi connectivity index (χ3v) is 3.99. The number of benzene rings is 1. The van der Waals surface area contributed by atoms with Gasteiger partial charge in [-0.2, -0.15) is 0 Å². The summed E-state index contributed by atoms with van der Waals surface area (Å²) in [7, 11) is 0. The van der Waals surface area contributed by atoms with E-state index in [-0.39, 0.29) is 18.8 Å². The van der Waals surface area contributed by atoms with Gasteiger partial charge in [-0.3, -0.25) is 0 Å². The highest BCUT2D eigenvalue weighted by atomic mass is 16.5. The van der Waals surface area contributed by atoms with Crippen molar-refractivity contribution in [2.45, 2.75) is 45.4 Å². The molecule has 3 atom stereocenters. The number of nitrogens with one attached hydrogen (secondary N) is 1. The van der Waals surface area contributed by atoms with Crippen LogP contribution in [0.4, 0.5) is 5.69 Å². The highest BCUT2D eigenvalue weighted by Gasteiger charge is 2.24. The van der Waals surface area contributed by atoms with E-state index in [2.05, 4.69) is 55.3 Å².